The number of aromatic nitrogens is 4. The van der Waals surface area contributed by atoms with Gasteiger partial charge in [-0.25, -0.2) is 0 Å². The Balaban J connectivity index is 1.69. The molecule has 112 valence electrons. The van der Waals surface area contributed by atoms with E-state index in [0.717, 1.165) is 5.69 Å². The van der Waals surface area contributed by atoms with E-state index >= 15 is 0 Å². The van der Waals surface area contributed by atoms with Crippen molar-refractivity contribution in [2.75, 3.05) is 0 Å². The van der Waals surface area contributed by atoms with Crippen LogP contribution in [0.1, 0.15) is 16.2 Å². The molecule has 0 saturated heterocycles. The first-order chi connectivity index (χ1) is 10.6. The summed E-state index contributed by atoms with van der Waals surface area (Å²) in [4.78, 5) is 30.0. The van der Waals surface area contributed by atoms with Crippen LogP contribution in [0.4, 0.5) is 0 Å². The largest absolute Gasteiger partial charge is 0.348 e. The van der Waals surface area contributed by atoms with E-state index in [-0.39, 0.29) is 18.0 Å². The molecule has 0 aliphatic carbocycles. The molecule has 8 heteroatoms. The zero-order valence-electron chi connectivity index (χ0n) is 11.7. The first-order valence-electron chi connectivity index (χ1n) is 6.55. The van der Waals surface area contributed by atoms with E-state index in [1.807, 2.05) is 29.9 Å². The van der Waals surface area contributed by atoms with Gasteiger partial charge in [0.1, 0.15) is 5.56 Å². The number of hydrogen-bond acceptors (Lipinski definition) is 5. The Morgan fingerprint density at radius 2 is 2.27 bits per heavy atom. The molecule has 0 fully saturated rings. The maximum Gasteiger partial charge on any atom is 0.260 e. The number of carbonyl (C=O) groups excluding carboxylic acids is 1. The average Bonchev–Trinajstić information content (AvgIpc) is 3.13. The number of aromatic amines is 1. The zero-order chi connectivity index (χ0) is 15.5. The van der Waals surface area contributed by atoms with Gasteiger partial charge < -0.3 is 19.4 Å². The fourth-order valence-electron chi connectivity index (χ4n) is 1.98. The van der Waals surface area contributed by atoms with Gasteiger partial charge in [0.2, 0.25) is 11.7 Å². The Morgan fingerprint density at radius 1 is 1.41 bits per heavy atom. The number of hydrogen-bond donors (Lipinski definition) is 2. The molecule has 1 amide bonds. The second kappa shape index (κ2) is 5.68. The van der Waals surface area contributed by atoms with Gasteiger partial charge in [-0.1, -0.05) is 5.16 Å². The number of aryl methyl sites for hydroxylation is 1. The second-order valence-corrected chi connectivity index (χ2v) is 4.61. The van der Waals surface area contributed by atoms with Gasteiger partial charge in [0, 0.05) is 19.4 Å². The van der Waals surface area contributed by atoms with Crippen LogP contribution in [-0.2, 0) is 13.6 Å². The molecular formula is C14H13N5O3. The smallest absolute Gasteiger partial charge is 0.260 e. The van der Waals surface area contributed by atoms with Crippen LogP contribution in [0, 0.1) is 0 Å². The van der Waals surface area contributed by atoms with Crippen LogP contribution in [0.3, 0.4) is 0 Å². The van der Waals surface area contributed by atoms with Gasteiger partial charge >= 0.3 is 0 Å². The summed E-state index contributed by atoms with van der Waals surface area (Å²) in [5.74, 6) is 0.201. The molecule has 0 aromatic carbocycles. The van der Waals surface area contributed by atoms with E-state index in [0.29, 0.717) is 5.82 Å². The van der Waals surface area contributed by atoms with Crippen molar-refractivity contribution in [3.8, 4) is 11.5 Å². The predicted octanol–water partition coefficient (Wildman–Crippen LogP) is 0.693. The Bertz CT molecular complexity index is 861. The summed E-state index contributed by atoms with van der Waals surface area (Å²) in [6.45, 7) is 0.0462. The van der Waals surface area contributed by atoms with Crippen molar-refractivity contribution in [2.45, 2.75) is 6.54 Å². The number of nitrogens with zero attached hydrogens (tertiary/aromatic N) is 3. The molecule has 0 atom stereocenters. The highest BCUT2D eigenvalue weighted by Crippen LogP contribution is 2.15. The molecule has 0 spiro atoms. The molecule has 2 N–H and O–H groups in total. The third-order valence-electron chi connectivity index (χ3n) is 3.10. The topological polar surface area (TPSA) is 106 Å². The maximum absolute atomic E-state index is 11.9. The van der Waals surface area contributed by atoms with Crippen molar-refractivity contribution in [3.63, 3.8) is 0 Å². The lowest BCUT2D eigenvalue weighted by Gasteiger charge is -2.00. The molecular weight excluding hydrogens is 286 g/mol. The van der Waals surface area contributed by atoms with E-state index in [2.05, 4.69) is 20.4 Å². The van der Waals surface area contributed by atoms with Crippen molar-refractivity contribution in [1.29, 1.82) is 0 Å². The fourth-order valence-corrected chi connectivity index (χ4v) is 1.98. The Labute approximate surface area is 124 Å². The zero-order valence-corrected chi connectivity index (χ0v) is 11.7. The van der Waals surface area contributed by atoms with Crippen LogP contribution in [-0.4, -0.2) is 25.6 Å². The summed E-state index contributed by atoms with van der Waals surface area (Å²) in [5, 5.41) is 6.43. The molecule has 0 saturated carbocycles. The Kier molecular flexibility index (Phi) is 3.57. The van der Waals surface area contributed by atoms with Crippen LogP contribution >= 0.6 is 0 Å². The SMILES string of the molecule is Cn1cccc1-c1noc(CNC(=O)c2ccc[nH]c2=O)n1. The average molecular weight is 299 g/mol. The van der Waals surface area contributed by atoms with E-state index in [1.165, 1.54) is 12.3 Å². The van der Waals surface area contributed by atoms with Crippen LogP contribution < -0.4 is 10.9 Å². The summed E-state index contributed by atoms with van der Waals surface area (Å²) in [6, 6.07) is 6.75. The van der Waals surface area contributed by atoms with Crippen molar-refractivity contribution in [3.05, 3.63) is 58.5 Å². The molecule has 3 aromatic rings. The minimum absolute atomic E-state index is 0.0321. The van der Waals surface area contributed by atoms with Crippen molar-refractivity contribution in [1.82, 2.24) is 25.0 Å². The fraction of sp³-hybridized carbons (Fsp3) is 0.143. The summed E-state index contributed by atoms with van der Waals surface area (Å²) in [6.07, 6.45) is 3.33. The van der Waals surface area contributed by atoms with E-state index in [1.54, 1.807) is 6.07 Å². The van der Waals surface area contributed by atoms with Crippen molar-refractivity contribution < 1.29 is 9.32 Å². The number of amides is 1. The molecule has 3 rings (SSSR count). The van der Waals surface area contributed by atoms with Gasteiger partial charge in [-0.2, -0.15) is 4.98 Å². The van der Waals surface area contributed by atoms with E-state index in [9.17, 15) is 9.59 Å². The molecule has 0 aliphatic heterocycles. The molecule has 22 heavy (non-hydrogen) atoms. The van der Waals surface area contributed by atoms with E-state index in [4.69, 9.17) is 4.52 Å². The lowest BCUT2D eigenvalue weighted by atomic mass is 10.2. The van der Waals surface area contributed by atoms with Gasteiger partial charge in [0.25, 0.3) is 11.5 Å². The highest BCUT2D eigenvalue weighted by molar-refractivity contribution is 5.93. The van der Waals surface area contributed by atoms with Gasteiger partial charge in [-0.15, -0.1) is 0 Å². The van der Waals surface area contributed by atoms with Crippen LogP contribution in [0.5, 0.6) is 0 Å². The first kappa shape index (κ1) is 13.8. The standard InChI is InChI=1S/C14H13N5O3/c1-19-7-3-5-10(19)12-17-11(22-18-12)8-16-14(21)9-4-2-6-15-13(9)20/h2-7H,8H2,1H3,(H,15,20)(H,16,21). The van der Waals surface area contributed by atoms with Crippen LogP contribution in [0.25, 0.3) is 11.5 Å². The quantitative estimate of drug-likeness (QED) is 0.737. The minimum Gasteiger partial charge on any atom is -0.348 e. The summed E-state index contributed by atoms with van der Waals surface area (Å²) < 4.78 is 6.94. The number of nitrogens with one attached hydrogen (secondary N) is 2. The normalized spacial score (nSPS) is 10.6. The number of pyridine rings is 1. The van der Waals surface area contributed by atoms with Gasteiger partial charge in [0.05, 0.1) is 12.2 Å². The van der Waals surface area contributed by atoms with Gasteiger partial charge in [-0.05, 0) is 24.3 Å². The lowest BCUT2D eigenvalue weighted by molar-refractivity contribution is 0.0944. The molecule has 3 heterocycles. The summed E-state index contributed by atoms with van der Waals surface area (Å²) in [7, 11) is 1.87. The van der Waals surface area contributed by atoms with Crippen molar-refractivity contribution in [2.24, 2.45) is 7.05 Å². The molecule has 0 aliphatic rings. The Morgan fingerprint density at radius 3 is 3.00 bits per heavy atom. The molecule has 0 radical (unpaired) electrons. The van der Waals surface area contributed by atoms with E-state index < -0.39 is 11.5 Å². The Hall–Kier alpha value is -3.16. The number of rotatable bonds is 4. The summed E-state index contributed by atoms with van der Waals surface area (Å²) in [5.41, 5.74) is 0.389. The van der Waals surface area contributed by atoms with Gasteiger partial charge in [0.15, 0.2) is 0 Å². The maximum atomic E-state index is 11.9. The van der Waals surface area contributed by atoms with Crippen LogP contribution in [0.2, 0.25) is 0 Å². The molecule has 8 nitrogen and oxygen atoms in total. The predicted molar refractivity (Wildman–Crippen MR) is 76.9 cm³/mol. The van der Waals surface area contributed by atoms with Gasteiger partial charge in [-0.3, -0.25) is 9.59 Å². The minimum atomic E-state index is -0.500. The third kappa shape index (κ3) is 2.66. The van der Waals surface area contributed by atoms with Crippen LogP contribution in [0.15, 0.2) is 46.0 Å². The molecule has 3 aromatic heterocycles. The number of carbonyl (C=O) groups is 1. The number of H-pyrrole nitrogens is 1. The highest BCUT2D eigenvalue weighted by Gasteiger charge is 2.13. The lowest BCUT2D eigenvalue weighted by Crippen LogP contribution is -2.28. The monoisotopic (exact) mass is 299 g/mol. The van der Waals surface area contributed by atoms with Crippen molar-refractivity contribution >= 4 is 5.91 Å². The molecule has 0 bridgehead atoms. The summed E-state index contributed by atoms with van der Waals surface area (Å²) >= 11 is 0. The third-order valence-corrected chi connectivity index (χ3v) is 3.10. The second-order valence-electron chi connectivity index (χ2n) is 4.61. The molecule has 0 unspecified atom stereocenters. The highest BCUT2D eigenvalue weighted by atomic mass is 16.5. The first-order valence-corrected chi connectivity index (χ1v) is 6.55.